The van der Waals surface area contributed by atoms with Crippen molar-refractivity contribution in [3.8, 4) is 5.88 Å². The topological polar surface area (TPSA) is 35.0 Å². The average molecular weight is 317 g/mol. The van der Waals surface area contributed by atoms with E-state index in [-0.39, 0.29) is 17.6 Å². The van der Waals surface area contributed by atoms with Crippen LogP contribution in [0.1, 0.15) is 17.8 Å². The summed E-state index contributed by atoms with van der Waals surface area (Å²) in [6.45, 7) is 0.250. The number of aryl methyl sites for hydroxylation is 1. The molecule has 1 heterocycles. The van der Waals surface area contributed by atoms with Crippen LogP contribution in [0.4, 0.5) is 13.2 Å². The highest BCUT2D eigenvalue weighted by Crippen LogP contribution is 2.28. The third kappa shape index (κ3) is 4.90. The Morgan fingerprint density at radius 3 is 2.48 bits per heavy atom. The monoisotopic (exact) mass is 316 g/mol. The van der Waals surface area contributed by atoms with E-state index in [1.807, 2.05) is 30.3 Å². The van der Waals surface area contributed by atoms with Crippen molar-refractivity contribution in [1.29, 1.82) is 0 Å². The van der Waals surface area contributed by atoms with Gasteiger partial charge in [-0.1, -0.05) is 41.9 Å². The molecule has 21 heavy (non-hydrogen) atoms. The Morgan fingerprint density at radius 1 is 1.10 bits per heavy atom. The Kier molecular flexibility index (Phi) is 5.01. The van der Waals surface area contributed by atoms with Gasteiger partial charge in [0.1, 0.15) is 5.15 Å². The van der Waals surface area contributed by atoms with Crippen LogP contribution in [0.15, 0.2) is 36.4 Å². The molecule has 3 nitrogen and oxygen atoms in total. The summed E-state index contributed by atoms with van der Waals surface area (Å²) in [6.07, 6.45) is -3.22. The van der Waals surface area contributed by atoms with Crippen LogP contribution >= 0.6 is 11.6 Å². The summed E-state index contributed by atoms with van der Waals surface area (Å²) in [5.41, 5.74) is 1.14. The second-order valence-corrected chi connectivity index (χ2v) is 4.68. The summed E-state index contributed by atoms with van der Waals surface area (Å²) in [6, 6.07) is 10.9. The van der Waals surface area contributed by atoms with Gasteiger partial charge in [-0.05, 0) is 18.4 Å². The van der Waals surface area contributed by atoms with Crippen molar-refractivity contribution in [2.75, 3.05) is 6.61 Å². The Balaban J connectivity index is 1.90. The van der Waals surface area contributed by atoms with Crippen molar-refractivity contribution in [1.82, 2.24) is 9.97 Å². The van der Waals surface area contributed by atoms with E-state index in [2.05, 4.69) is 9.97 Å². The first kappa shape index (κ1) is 15.6. The smallest absolute Gasteiger partial charge is 0.451 e. The first-order valence-corrected chi connectivity index (χ1v) is 6.61. The van der Waals surface area contributed by atoms with E-state index in [9.17, 15) is 13.2 Å². The van der Waals surface area contributed by atoms with Gasteiger partial charge < -0.3 is 4.74 Å². The van der Waals surface area contributed by atoms with Crippen LogP contribution in [0.3, 0.4) is 0 Å². The molecule has 0 N–H and O–H groups in total. The van der Waals surface area contributed by atoms with Crippen molar-refractivity contribution >= 4 is 11.6 Å². The number of nitrogens with zero attached hydrogens (tertiary/aromatic N) is 2. The van der Waals surface area contributed by atoms with Crippen molar-refractivity contribution < 1.29 is 17.9 Å². The molecule has 0 amide bonds. The molecule has 0 spiro atoms. The van der Waals surface area contributed by atoms with Crippen LogP contribution in [-0.4, -0.2) is 16.6 Å². The minimum Gasteiger partial charge on any atom is -0.478 e. The molecule has 0 saturated heterocycles. The maximum absolute atomic E-state index is 12.5. The summed E-state index contributed by atoms with van der Waals surface area (Å²) < 4.78 is 42.8. The predicted octanol–water partition coefficient (Wildman–Crippen LogP) is 4.16. The summed E-state index contributed by atoms with van der Waals surface area (Å²) in [5, 5.41) is -0.296. The van der Waals surface area contributed by atoms with Crippen molar-refractivity contribution in [2.24, 2.45) is 0 Å². The number of benzene rings is 1. The van der Waals surface area contributed by atoms with Crippen LogP contribution in [0.25, 0.3) is 0 Å². The second-order valence-electron chi connectivity index (χ2n) is 4.29. The van der Waals surface area contributed by atoms with E-state index < -0.39 is 12.0 Å². The molecule has 0 unspecified atom stereocenters. The molecule has 0 aliphatic heterocycles. The Morgan fingerprint density at radius 2 is 1.81 bits per heavy atom. The van der Waals surface area contributed by atoms with Gasteiger partial charge in [-0.2, -0.15) is 18.2 Å². The maximum Gasteiger partial charge on any atom is 0.451 e. The summed E-state index contributed by atoms with van der Waals surface area (Å²) in [7, 11) is 0. The number of rotatable bonds is 5. The summed E-state index contributed by atoms with van der Waals surface area (Å²) in [5.74, 6) is -1.47. The minimum absolute atomic E-state index is 0.171. The molecule has 0 radical (unpaired) electrons. The van der Waals surface area contributed by atoms with Gasteiger partial charge in [0.15, 0.2) is 0 Å². The van der Waals surface area contributed by atoms with E-state index in [1.54, 1.807) is 0 Å². The van der Waals surface area contributed by atoms with Gasteiger partial charge >= 0.3 is 6.18 Å². The number of hydrogen-bond donors (Lipinski definition) is 0. The lowest BCUT2D eigenvalue weighted by Crippen LogP contribution is -2.12. The lowest BCUT2D eigenvalue weighted by Gasteiger charge is -2.09. The zero-order chi connectivity index (χ0) is 15.3. The average Bonchev–Trinajstić information content (AvgIpc) is 2.43. The largest absolute Gasteiger partial charge is 0.478 e. The lowest BCUT2D eigenvalue weighted by molar-refractivity contribution is -0.145. The zero-order valence-corrected chi connectivity index (χ0v) is 11.7. The number of hydrogen-bond acceptors (Lipinski definition) is 3. The molecule has 0 aliphatic rings. The molecule has 0 bridgehead atoms. The van der Waals surface area contributed by atoms with Gasteiger partial charge in [0.2, 0.25) is 11.7 Å². The molecule has 0 saturated carbocycles. The van der Waals surface area contributed by atoms with Crippen LogP contribution < -0.4 is 4.74 Å². The van der Waals surface area contributed by atoms with Gasteiger partial charge in [-0.3, -0.25) is 0 Å². The van der Waals surface area contributed by atoms with Crippen molar-refractivity contribution in [3.05, 3.63) is 52.9 Å². The molecule has 0 fully saturated rings. The van der Waals surface area contributed by atoms with E-state index in [0.29, 0.717) is 6.42 Å². The van der Waals surface area contributed by atoms with Gasteiger partial charge in [0.25, 0.3) is 0 Å². The van der Waals surface area contributed by atoms with Crippen molar-refractivity contribution in [2.45, 2.75) is 19.0 Å². The fraction of sp³-hybridized carbons (Fsp3) is 0.286. The number of ether oxygens (including phenoxy) is 1. The van der Waals surface area contributed by atoms with Gasteiger partial charge in [0, 0.05) is 6.07 Å². The summed E-state index contributed by atoms with van der Waals surface area (Å²) >= 11 is 5.53. The van der Waals surface area contributed by atoms with Crippen molar-refractivity contribution in [3.63, 3.8) is 0 Å². The van der Waals surface area contributed by atoms with Crippen LogP contribution in [-0.2, 0) is 12.6 Å². The highest BCUT2D eigenvalue weighted by molar-refractivity contribution is 6.29. The molecule has 112 valence electrons. The molecular formula is C14H12ClF3N2O. The standard InChI is InChI=1S/C14H12ClF3N2O/c15-11-9-12(20-13(19-11)14(16,17)18)21-8-4-7-10-5-2-1-3-6-10/h1-3,5-6,9H,4,7-8H2. The molecule has 1 aromatic heterocycles. The lowest BCUT2D eigenvalue weighted by atomic mass is 10.1. The van der Waals surface area contributed by atoms with Gasteiger partial charge in [0.05, 0.1) is 6.61 Å². The summed E-state index contributed by atoms with van der Waals surface area (Å²) in [4.78, 5) is 6.44. The first-order valence-electron chi connectivity index (χ1n) is 6.23. The Bertz CT molecular complexity index is 591. The Hall–Kier alpha value is -1.82. The molecule has 2 rings (SSSR count). The van der Waals surface area contributed by atoms with Crippen LogP contribution in [0, 0.1) is 0 Å². The molecule has 2 aromatic rings. The predicted molar refractivity (Wildman–Crippen MR) is 72.3 cm³/mol. The maximum atomic E-state index is 12.5. The minimum atomic E-state index is -4.65. The van der Waals surface area contributed by atoms with E-state index in [1.165, 1.54) is 6.07 Å². The number of aromatic nitrogens is 2. The third-order valence-corrected chi connectivity index (χ3v) is 2.82. The highest BCUT2D eigenvalue weighted by atomic mass is 35.5. The second kappa shape index (κ2) is 6.76. The SMILES string of the molecule is FC(F)(F)c1nc(Cl)cc(OCCCc2ccccc2)n1. The molecule has 7 heteroatoms. The quantitative estimate of drug-likeness (QED) is 0.613. The molecule has 1 aromatic carbocycles. The zero-order valence-electron chi connectivity index (χ0n) is 10.9. The highest BCUT2D eigenvalue weighted by Gasteiger charge is 2.35. The van der Waals surface area contributed by atoms with Crippen LogP contribution in [0.5, 0.6) is 5.88 Å². The third-order valence-electron chi connectivity index (χ3n) is 2.63. The molecule has 0 atom stereocenters. The fourth-order valence-corrected chi connectivity index (χ4v) is 1.87. The number of alkyl halides is 3. The van der Waals surface area contributed by atoms with E-state index in [0.717, 1.165) is 12.0 Å². The Labute approximate surface area is 124 Å². The van der Waals surface area contributed by atoms with E-state index in [4.69, 9.17) is 16.3 Å². The van der Waals surface area contributed by atoms with Gasteiger partial charge in [-0.15, -0.1) is 0 Å². The van der Waals surface area contributed by atoms with E-state index >= 15 is 0 Å². The van der Waals surface area contributed by atoms with Gasteiger partial charge in [-0.25, -0.2) is 4.98 Å². The number of halogens is 4. The molecular weight excluding hydrogens is 305 g/mol. The first-order chi connectivity index (χ1) is 9.95. The fourth-order valence-electron chi connectivity index (χ4n) is 1.70. The van der Waals surface area contributed by atoms with Crippen LogP contribution in [0.2, 0.25) is 5.15 Å². The molecule has 0 aliphatic carbocycles. The normalized spacial score (nSPS) is 11.4.